The molecule has 5 N–H and O–H groups in total. The number of benzene rings is 2. The summed E-state index contributed by atoms with van der Waals surface area (Å²) in [6, 6.07) is 5.61. The average Bonchev–Trinajstić information content (AvgIpc) is 2.54. The highest BCUT2D eigenvalue weighted by molar-refractivity contribution is 6.47. The maximum absolute atomic E-state index is 12.2. The summed E-state index contributed by atoms with van der Waals surface area (Å²) in [5.41, 5.74) is -0.780. The first-order valence-electron chi connectivity index (χ1n) is 6.37. The second kappa shape index (κ2) is 4.80. The standard InChI is InChI=1S/C15H10O8/c16-6-4-2-1-3-5(6)14-12(21)9(18)7-8(17)10(19)11(20)13(22)15(7)23-14/h1-4,14,16-17,19-20,22H. The monoisotopic (exact) mass is 318 g/mol. The number of aromatic hydroxyl groups is 5. The molecule has 2 aromatic rings. The molecule has 0 radical (unpaired) electrons. The Morgan fingerprint density at radius 3 is 2.09 bits per heavy atom. The lowest BCUT2D eigenvalue weighted by Gasteiger charge is -2.26. The van der Waals surface area contributed by atoms with E-state index in [-0.39, 0.29) is 11.3 Å². The van der Waals surface area contributed by atoms with E-state index < -0.39 is 52.0 Å². The van der Waals surface area contributed by atoms with Gasteiger partial charge in [-0.25, -0.2) is 0 Å². The Labute approximate surface area is 128 Å². The van der Waals surface area contributed by atoms with Crippen molar-refractivity contribution in [2.75, 3.05) is 0 Å². The molecule has 0 aromatic heterocycles. The van der Waals surface area contributed by atoms with E-state index in [4.69, 9.17) is 4.74 Å². The zero-order valence-electron chi connectivity index (χ0n) is 11.3. The number of hydrogen-bond donors (Lipinski definition) is 5. The largest absolute Gasteiger partial charge is 0.508 e. The van der Waals surface area contributed by atoms with Crippen LogP contribution < -0.4 is 4.74 Å². The number of carbonyl (C=O) groups excluding carboxylic acids is 2. The quantitative estimate of drug-likeness (QED) is 0.298. The van der Waals surface area contributed by atoms with Crippen molar-refractivity contribution < 1.29 is 39.9 Å². The second-order valence-corrected chi connectivity index (χ2v) is 4.85. The first-order valence-corrected chi connectivity index (χ1v) is 6.37. The Hall–Kier alpha value is -3.42. The maximum atomic E-state index is 12.2. The van der Waals surface area contributed by atoms with Gasteiger partial charge in [0.2, 0.25) is 28.8 Å². The average molecular weight is 318 g/mol. The van der Waals surface area contributed by atoms with E-state index in [1.54, 1.807) is 0 Å². The van der Waals surface area contributed by atoms with Gasteiger partial charge in [0.05, 0.1) is 0 Å². The highest BCUT2D eigenvalue weighted by Crippen LogP contribution is 2.54. The van der Waals surface area contributed by atoms with Gasteiger partial charge in [0.1, 0.15) is 11.3 Å². The van der Waals surface area contributed by atoms with Crippen LogP contribution in [0.25, 0.3) is 0 Å². The van der Waals surface area contributed by atoms with E-state index in [0.717, 1.165) is 0 Å². The summed E-state index contributed by atoms with van der Waals surface area (Å²) >= 11 is 0. The Morgan fingerprint density at radius 2 is 1.43 bits per heavy atom. The minimum absolute atomic E-state index is 0.0250. The van der Waals surface area contributed by atoms with E-state index >= 15 is 0 Å². The minimum atomic E-state index is -1.56. The molecule has 8 nitrogen and oxygen atoms in total. The number of para-hydroxylation sites is 1. The number of ether oxygens (including phenoxy) is 1. The summed E-state index contributed by atoms with van der Waals surface area (Å²) in [4.78, 5) is 24.4. The van der Waals surface area contributed by atoms with E-state index in [1.807, 2.05) is 0 Å². The van der Waals surface area contributed by atoms with Gasteiger partial charge in [0.25, 0.3) is 0 Å². The molecule has 3 rings (SSSR count). The summed E-state index contributed by atoms with van der Waals surface area (Å²) in [5, 5.41) is 48.3. The molecule has 8 heteroatoms. The van der Waals surface area contributed by atoms with Crippen molar-refractivity contribution in [3.8, 4) is 34.5 Å². The first kappa shape index (κ1) is 14.5. The van der Waals surface area contributed by atoms with Crippen LogP contribution in [0.5, 0.6) is 34.5 Å². The van der Waals surface area contributed by atoms with Crippen molar-refractivity contribution in [3.63, 3.8) is 0 Å². The van der Waals surface area contributed by atoms with Gasteiger partial charge in [0, 0.05) is 5.56 Å². The molecule has 1 unspecified atom stereocenters. The van der Waals surface area contributed by atoms with Crippen LogP contribution in [-0.2, 0) is 4.79 Å². The van der Waals surface area contributed by atoms with Gasteiger partial charge in [-0.1, -0.05) is 18.2 Å². The van der Waals surface area contributed by atoms with Crippen LogP contribution >= 0.6 is 0 Å². The molecule has 1 aliphatic heterocycles. The number of phenols is 5. The van der Waals surface area contributed by atoms with Crippen LogP contribution in [0.2, 0.25) is 0 Å². The maximum Gasteiger partial charge on any atom is 0.248 e. The summed E-state index contributed by atoms with van der Waals surface area (Å²) in [7, 11) is 0. The lowest BCUT2D eigenvalue weighted by Crippen LogP contribution is -2.32. The molecule has 0 amide bonds. The van der Waals surface area contributed by atoms with Crippen molar-refractivity contribution >= 4 is 11.6 Å². The molecule has 0 spiro atoms. The molecular formula is C15H10O8. The smallest absolute Gasteiger partial charge is 0.248 e. The normalized spacial score (nSPS) is 16.8. The molecular weight excluding hydrogens is 308 g/mol. The molecule has 1 aliphatic rings. The summed E-state index contributed by atoms with van der Waals surface area (Å²) < 4.78 is 5.22. The van der Waals surface area contributed by atoms with Crippen LogP contribution in [-0.4, -0.2) is 37.1 Å². The highest BCUT2D eigenvalue weighted by Gasteiger charge is 2.43. The summed E-state index contributed by atoms with van der Waals surface area (Å²) in [6.45, 7) is 0. The molecule has 0 saturated heterocycles. The van der Waals surface area contributed by atoms with Crippen molar-refractivity contribution in [2.45, 2.75) is 6.10 Å². The molecule has 0 bridgehead atoms. The number of fused-ring (bicyclic) bond motifs is 1. The van der Waals surface area contributed by atoms with Gasteiger partial charge in [-0.05, 0) is 6.07 Å². The second-order valence-electron chi connectivity index (χ2n) is 4.85. The predicted molar refractivity (Wildman–Crippen MR) is 73.9 cm³/mol. The van der Waals surface area contributed by atoms with Gasteiger partial charge in [-0.3, -0.25) is 9.59 Å². The van der Waals surface area contributed by atoms with Crippen molar-refractivity contribution in [2.24, 2.45) is 0 Å². The SMILES string of the molecule is O=C1C(=O)C(c2ccccc2O)Oc2c(O)c(O)c(O)c(O)c21. The number of ketones is 2. The summed E-state index contributed by atoms with van der Waals surface area (Å²) in [6.07, 6.45) is -1.56. The Bertz CT molecular complexity index is 855. The van der Waals surface area contributed by atoms with E-state index in [1.165, 1.54) is 24.3 Å². The molecule has 1 atom stereocenters. The predicted octanol–water partition coefficient (Wildman–Crippen LogP) is 1.10. The fraction of sp³-hybridized carbons (Fsp3) is 0.0667. The molecule has 0 aliphatic carbocycles. The van der Waals surface area contributed by atoms with Crippen LogP contribution in [0.1, 0.15) is 22.0 Å². The third kappa shape index (κ3) is 1.92. The van der Waals surface area contributed by atoms with Gasteiger partial charge < -0.3 is 30.3 Å². The molecule has 0 fully saturated rings. The number of phenolic OH excluding ortho intramolecular Hbond substituents is 5. The van der Waals surface area contributed by atoms with Crippen molar-refractivity contribution in [1.82, 2.24) is 0 Å². The van der Waals surface area contributed by atoms with E-state index in [9.17, 15) is 35.1 Å². The molecule has 118 valence electrons. The van der Waals surface area contributed by atoms with E-state index in [2.05, 4.69) is 0 Å². The summed E-state index contributed by atoms with van der Waals surface area (Å²) in [5.74, 6) is -7.64. The zero-order valence-corrected chi connectivity index (χ0v) is 11.3. The molecule has 2 aromatic carbocycles. The third-order valence-corrected chi connectivity index (χ3v) is 3.50. The fourth-order valence-electron chi connectivity index (χ4n) is 2.33. The topological polar surface area (TPSA) is 145 Å². The third-order valence-electron chi connectivity index (χ3n) is 3.50. The number of carbonyl (C=O) groups is 2. The number of rotatable bonds is 1. The zero-order chi connectivity index (χ0) is 16.9. The van der Waals surface area contributed by atoms with Gasteiger partial charge in [-0.15, -0.1) is 0 Å². The lowest BCUT2D eigenvalue weighted by molar-refractivity contribution is -0.122. The Morgan fingerprint density at radius 1 is 0.826 bits per heavy atom. The fourth-order valence-corrected chi connectivity index (χ4v) is 2.33. The van der Waals surface area contributed by atoms with Crippen LogP contribution in [0.4, 0.5) is 0 Å². The highest BCUT2D eigenvalue weighted by atomic mass is 16.5. The van der Waals surface area contributed by atoms with Crippen molar-refractivity contribution in [1.29, 1.82) is 0 Å². The minimum Gasteiger partial charge on any atom is -0.508 e. The van der Waals surface area contributed by atoms with Gasteiger partial charge in [-0.2, -0.15) is 0 Å². The molecule has 1 heterocycles. The number of Topliss-reactive ketones (excluding diaryl/α,β-unsaturated/α-hetero) is 2. The number of hydrogen-bond acceptors (Lipinski definition) is 8. The Kier molecular flexibility index (Phi) is 3.03. The Balaban J connectivity index is 2.23. The van der Waals surface area contributed by atoms with Crippen LogP contribution in [0.3, 0.4) is 0 Å². The van der Waals surface area contributed by atoms with Gasteiger partial charge >= 0.3 is 0 Å². The van der Waals surface area contributed by atoms with Crippen LogP contribution in [0, 0.1) is 0 Å². The molecule has 0 saturated carbocycles. The van der Waals surface area contributed by atoms with E-state index in [0.29, 0.717) is 0 Å². The van der Waals surface area contributed by atoms with Gasteiger partial charge in [0.15, 0.2) is 17.6 Å². The molecule has 23 heavy (non-hydrogen) atoms. The van der Waals surface area contributed by atoms with Crippen LogP contribution in [0.15, 0.2) is 24.3 Å². The first-order chi connectivity index (χ1) is 10.8. The van der Waals surface area contributed by atoms with Crippen molar-refractivity contribution in [3.05, 3.63) is 35.4 Å². The lowest BCUT2D eigenvalue weighted by atomic mass is 9.93.